The van der Waals surface area contributed by atoms with Gasteiger partial charge in [0.1, 0.15) is 30.7 Å². The van der Waals surface area contributed by atoms with Crippen molar-refractivity contribution in [3.63, 3.8) is 0 Å². The van der Waals surface area contributed by atoms with Gasteiger partial charge in [-0.15, -0.1) is 0 Å². The lowest BCUT2D eigenvalue weighted by Gasteiger charge is -2.28. The molecule has 0 saturated carbocycles. The van der Waals surface area contributed by atoms with Gasteiger partial charge in [-0.3, -0.25) is 0 Å². The summed E-state index contributed by atoms with van der Waals surface area (Å²) in [6.07, 6.45) is 7.53. The van der Waals surface area contributed by atoms with Crippen molar-refractivity contribution in [1.82, 2.24) is 9.55 Å². The predicted molar refractivity (Wildman–Crippen MR) is 61.6 cm³/mol. The zero-order chi connectivity index (χ0) is 13.3. The van der Waals surface area contributed by atoms with E-state index in [1.807, 2.05) is 0 Å². The van der Waals surface area contributed by atoms with Crippen molar-refractivity contribution in [2.24, 2.45) is 0 Å². The van der Waals surface area contributed by atoms with Gasteiger partial charge in [0.15, 0.2) is 0 Å². The number of halogens is 2. The van der Waals surface area contributed by atoms with Crippen LogP contribution < -0.4 is 0 Å². The number of imidazole rings is 1. The average Bonchev–Trinajstić information content (AvgIpc) is 3.02. The summed E-state index contributed by atoms with van der Waals surface area (Å²) in [5, 5.41) is 0. The lowest BCUT2D eigenvalue weighted by Crippen LogP contribution is -2.33. The molecule has 1 aromatic carbocycles. The summed E-state index contributed by atoms with van der Waals surface area (Å²) in [5.74, 6) is -2.70. The molecule has 0 saturated heterocycles. The molecule has 0 radical (unpaired) electrons. The van der Waals surface area contributed by atoms with Crippen LogP contribution >= 0.6 is 0 Å². The van der Waals surface area contributed by atoms with E-state index in [-0.39, 0.29) is 12.1 Å². The first kappa shape index (κ1) is 11.7. The normalized spacial score (nSPS) is 16.1. The van der Waals surface area contributed by atoms with Gasteiger partial charge in [0, 0.05) is 18.5 Å². The number of rotatable bonds is 3. The van der Waals surface area contributed by atoms with E-state index in [2.05, 4.69) is 4.98 Å². The zero-order valence-electron chi connectivity index (χ0n) is 9.79. The van der Waals surface area contributed by atoms with Gasteiger partial charge in [-0.2, -0.15) is 0 Å². The summed E-state index contributed by atoms with van der Waals surface area (Å²) in [7, 11) is 0. The third kappa shape index (κ3) is 2.05. The van der Waals surface area contributed by atoms with E-state index >= 15 is 0 Å². The average molecular weight is 264 g/mol. The van der Waals surface area contributed by atoms with E-state index in [1.54, 1.807) is 23.3 Å². The van der Waals surface area contributed by atoms with Crippen LogP contribution in [0.5, 0.6) is 0 Å². The van der Waals surface area contributed by atoms with Crippen molar-refractivity contribution >= 4 is 0 Å². The molecule has 4 nitrogen and oxygen atoms in total. The van der Waals surface area contributed by atoms with Crippen molar-refractivity contribution in [2.75, 3.05) is 0 Å². The Kier molecular flexibility index (Phi) is 2.70. The molecule has 0 unspecified atom stereocenters. The smallest absolute Gasteiger partial charge is 0.297 e. The molecule has 1 aliphatic rings. The number of ether oxygens (including phenoxy) is 2. The molecule has 0 amide bonds. The fourth-order valence-corrected chi connectivity index (χ4v) is 2.01. The van der Waals surface area contributed by atoms with Gasteiger partial charge in [0.2, 0.25) is 0 Å². The summed E-state index contributed by atoms with van der Waals surface area (Å²) < 4.78 is 39.4. The first-order chi connectivity index (χ1) is 9.20. The molecule has 3 rings (SSSR count). The molecule has 1 aliphatic heterocycles. The second kappa shape index (κ2) is 4.38. The fourth-order valence-electron chi connectivity index (χ4n) is 2.01. The third-order valence-corrected chi connectivity index (χ3v) is 2.86. The fraction of sp³-hybridized carbons (Fsp3) is 0.154. The Bertz CT molecular complexity index is 603. The topological polar surface area (TPSA) is 36.3 Å². The van der Waals surface area contributed by atoms with E-state index in [9.17, 15) is 8.78 Å². The minimum absolute atomic E-state index is 0.132. The van der Waals surface area contributed by atoms with Crippen molar-refractivity contribution in [2.45, 2.75) is 12.3 Å². The minimum atomic E-state index is -1.33. The van der Waals surface area contributed by atoms with Crippen LogP contribution in [-0.4, -0.2) is 9.55 Å². The highest BCUT2D eigenvalue weighted by molar-refractivity contribution is 5.25. The molecule has 0 atom stereocenters. The first-order valence-electron chi connectivity index (χ1n) is 5.61. The first-order valence-corrected chi connectivity index (χ1v) is 5.61. The van der Waals surface area contributed by atoms with Crippen molar-refractivity contribution in [3.8, 4) is 0 Å². The van der Waals surface area contributed by atoms with Crippen LogP contribution in [-0.2, 0) is 21.8 Å². The number of hydrogen-bond acceptors (Lipinski definition) is 3. The molecular formula is C13H10F2N2O2. The highest BCUT2D eigenvalue weighted by Crippen LogP contribution is 2.35. The van der Waals surface area contributed by atoms with Crippen LogP contribution in [0.2, 0.25) is 0 Å². The van der Waals surface area contributed by atoms with Gasteiger partial charge >= 0.3 is 0 Å². The summed E-state index contributed by atoms with van der Waals surface area (Å²) in [6, 6.07) is 3.28. The molecule has 1 aromatic heterocycles. The summed E-state index contributed by atoms with van der Waals surface area (Å²) in [5.41, 5.74) is 0.132. The molecule has 2 aromatic rings. The Balaban J connectivity index is 2.00. The standard InChI is InChI=1S/C13H10F2N2O2/c14-10-1-2-11(12(15)7-10)13(18-5-6-19-13)8-17-4-3-16-9-17/h1-7,9H,8H2. The largest absolute Gasteiger partial charge is 0.451 e. The number of hydrogen-bond donors (Lipinski definition) is 0. The summed E-state index contributed by atoms with van der Waals surface area (Å²) in [4.78, 5) is 3.90. The second-order valence-corrected chi connectivity index (χ2v) is 4.12. The highest BCUT2D eigenvalue weighted by atomic mass is 19.1. The number of benzene rings is 1. The minimum Gasteiger partial charge on any atom is -0.451 e. The lowest BCUT2D eigenvalue weighted by atomic mass is 10.0. The highest BCUT2D eigenvalue weighted by Gasteiger charge is 2.41. The number of nitrogens with zero attached hydrogens (tertiary/aromatic N) is 2. The van der Waals surface area contributed by atoms with Crippen molar-refractivity contribution in [3.05, 3.63) is 66.6 Å². The zero-order valence-corrected chi connectivity index (χ0v) is 9.79. The Morgan fingerprint density at radius 1 is 1.21 bits per heavy atom. The van der Waals surface area contributed by atoms with E-state index in [4.69, 9.17) is 9.47 Å². The molecule has 0 bridgehead atoms. The second-order valence-electron chi connectivity index (χ2n) is 4.12. The Morgan fingerprint density at radius 2 is 2.00 bits per heavy atom. The van der Waals surface area contributed by atoms with Crippen LogP contribution in [0.15, 0.2) is 49.4 Å². The van der Waals surface area contributed by atoms with Gasteiger partial charge in [0.05, 0.1) is 11.9 Å². The van der Waals surface area contributed by atoms with Crippen LogP contribution in [0, 0.1) is 11.6 Å². The third-order valence-electron chi connectivity index (χ3n) is 2.86. The molecule has 6 heteroatoms. The van der Waals surface area contributed by atoms with Gasteiger partial charge in [0.25, 0.3) is 5.79 Å². The number of aromatic nitrogens is 2. The molecule has 19 heavy (non-hydrogen) atoms. The quantitative estimate of drug-likeness (QED) is 0.854. The summed E-state index contributed by atoms with van der Waals surface area (Å²) in [6.45, 7) is 0.197. The maximum atomic E-state index is 13.9. The van der Waals surface area contributed by atoms with Gasteiger partial charge in [-0.25, -0.2) is 13.8 Å². The molecule has 0 fully saturated rings. The van der Waals surface area contributed by atoms with Gasteiger partial charge in [-0.1, -0.05) is 0 Å². The maximum Gasteiger partial charge on any atom is 0.297 e. The van der Waals surface area contributed by atoms with Crippen molar-refractivity contribution < 1.29 is 18.3 Å². The van der Waals surface area contributed by atoms with Crippen molar-refractivity contribution in [1.29, 1.82) is 0 Å². The molecular weight excluding hydrogens is 254 g/mol. The van der Waals surface area contributed by atoms with Crippen LogP contribution in [0.4, 0.5) is 8.78 Å². The van der Waals surface area contributed by atoms with E-state index < -0.39 is 17.4 Å². The van der Waals surface area contributed by atoms with Crippen LogP contribution in [0.3, 0.4) is 0 Å². The Morgan fingerprint density at radius 3 is 2.63 bits per heavy atom. The van der Waals surface area contributed by atoms with E-state index in [0.29, 0.717) is 0 Å². The van der Waals surface area contributed by atoms with Gasteiger partial charge in [-0.05, 0) is 12.1 Å². The Labute approximate surface area is 107 Å². The maximum absolute atomic E-state index is 13.9. The molecule has 0 N–H and O–H groups in total. The van der Waals surface area contributed by atoms with E-state index in [0.717, 1.165) is 6.07 Å². The monoisotopic (exact) mass is 264 g/mol. The SMILES string of the molecule is Fc1ccc(C2(Cn3ccnc3)OC=CO2)c(F)c1. The predicted octanol–water partition coefficient (Wildman–Crippen LogP) is 2.53. The van der Waals surface area contributed by atoms with Crippen LogP contribution in [0.1, 0.15) is 5.56 Å². The molecule has 2 heterocycles. The van der Waals surface area contributed by atoms with Gasteiger partial charge < -0.3 is 14.0 Å². The Hall–Kier alpha value is -2.37. The molecule has 98 valence electrons. The van der Waals surface area contributed by atoms with Crippen LogP contribution in [0.25, 0.3) is 0 Å². The molecule has 0 aliphatic carbocycles. The van der Waals surface area contributed by atoms with E-state index in [1.165, 1.54) is 24.7 Å². The molecule has 0 spiro atoms. The summed E-state index contributed by atoms with van der Waals surface area (Å²) >= 11 is 0. The lowest BCUT2D eigenvalue weighted by molar-refractivity contribution is -0.162.